The lowest BCUT2D eigenvalue weighted by atomic mass is 10.1. The van der Waals surface area contributed by atoms with E-state index < -0.39 is 6.10 Å². The fourth-order valence-electron chi connectivity index (χ4n) is 1.56. The fourth-order valence-corrected chi connectivity index (χ4v) is 1.56. The van der Waals surface area contributed by atoms with Crippen molar-refractivity contribution in [3.8, 4) is 0 Å². The van der Waals surface area contributed by atoms with E-state index in [4.69, 9.17) is 0 Å². The number of rotatable bonds is 4. The fraction of sp³-hybridized carbons (Fsp3) is 0.364. The number of aliphatic hydroxyl groups is 1. The molecule has 0 aliphatic heterocycles. The van der Waals surface area contributed by atoms with E-state index in [0.29, 0.717) is 12.1 Å². The first-order valence-corrected chi connectivity index (χ1v) is 5.18. The Balaban J connectivity index is 1.94. The largest absolute Gasteiger partial charge is 0.387 e. The summed E-state index contributed by atoms with van der Waals surface area (Å²) in [6, 6.07) is 1.95. The summed E-state index contributed by atoms with van der Waals surface area (Å²) in [4.78, 5) is 7.99. The summed E-state index contributed by atoms with van der Waals surface area (Å²) >= 11 is 0. The molecular weight excluding hydrogens is 204 g/mol. The third-order valence-electron chi connectivity index (χ3n) is 2.52. The molecule has 0 amide bonds. The van der Waals surface area contributed by atoms with Crippen molar-refractivity contribution in [2.75, 3.05) is 0 Å². The number of nitrogens with zero attached hydrogens (tertiary/aromatic N) is 4. The van der Waals surface area contributed by atoms with Crippen molar-refractivity contribution in [2.24, 2.45) is 7.05 Å². The third kappa shape index (κ3) is 2.43. The Morgan fingerprint density at radius 1 is 1.38 bits per heavy atom. The smallest absolute Gasteiger partial charge is 0.0979 e. The molecule has 16 heavy (non-hydrogen) atoms. The molecule has 0 saturated carbocycles. The molecule has 2 aromatic heterocycles. The molecule has 2 rings (SSSR count). The van der Waals surface area contributed by atoms with Gasteiger partial charge in [0.1, 0.15) is 0 Å². The summed E-state index contributed by atoms with van der Waals surface area (Å²) in [5, 5.41) is 14.0. The highest BCUT2D eigenvalue weighted by Crippen LogP contribution is 2.15. The first-order valence-electron chi connectivity index (χ1n) is 5.18. The minimum Gasteiger partial charge on any atom is -0.387 e. The Morgan fingerprint density at radius 2 is 2.25 bits per heavy atom. The molecule has 5 heteroatoms. The van der Waals surface area contributed by atoms with Gasteiger partial charge in [0.25, 0.3) is 0 Å². The van der Waals surface area contributed by atoms with Crippen LogP contribution in [0.1, 0.15) is 23.9 Å². The van der Waals surface area contributed by atoms with Crippen LogP contribution in [-0.2, 0) is 13.5 Å². The number of aliphatic hydroxyl groups excluding tert-OH is 1. The zero-order valence-corrected chi connectivity index (χ0v) is 9.11. The molecule has 1 atom stereocenters. The molecule has 84 valence electrons. The number of aryl methyl sites for hydroxylation is 2. The lowest BCUT2D eigenvalue weighted by Crippen LogP contribution is -2.05. The highest BCUT2D eigenvalue weighted by molar-refractivity contribution is 5.03. The van der Waals surface area contributed by atoms with E-state index in [9.17, 15) is 5.11 Å². The Kier molecular flexibility index (Phi) is 3.26. The van der Waals surface area contributed by atoms with Gasteiger partial charge in [-0.15, -0.1) is 0 Å². The summed E-state index contributed by atoms with van der Waals surface area (Å²) < 4.78 is 1.81. The van der Waals surface area contributed by atoms with Gasteiger partial charge in [0.2, 0.25) is 0 Å². The van der Waals surface area contributed by atoms with Crippen LogP contribution in [0.25, 0.3) is 0 Å². The second-order valence-corrected chi connectivity index (χ2v) is 3.63. The van der Waals surface area contributed by atoms with Gasteiger partial charge in [-0.2, -0.15) is 5.10 Å². The van der Waals surface area contributed by atoms with Crippen LogP contribution in [0.2, 0.25) is 0 Å². The van der Waals surface area contributed by atoms with Crippen molar-refractivity contribution in [1.29, 1.82) is 0 Å². The van der Waals surface area contributed by atoms with E-state index in [1.807, 2.05) is 17.8 Å². The normalized spacial score (nSPS) is 12.6. The van der Waals surface area contributed by atoms with Crippen LogP contribution in [-0.4, -0.2) is 24.9 Å². The molecule has 0 aliphatic rings. The average molecular weight is 218 g/mol. The summed E-state index contributed by atoms with van der Waals surface area (Å²) in [6.45, 7) is 0. The summed E-state index contributed by atoms with van der Waals surface area (Å²) in [5.74, 6) is 0. The predicted octanol–water partition coefficient (Wildman–Crippen LogP) is 0.876. The Bertz CT molecular complexity index is 440. The van der Waals surface area contributed by atoms with Gasteiger partial charge in [-0.05, 0) is 18.9 Å². The van der Waals surface area contributed by atoms with Crippen molar-refractivity contribution in [1.82, 2.24) is 19.7 Å². The number of hydrogen-bond donors (Lipinski definition) is 1. The number of hydrogen-bond acceptors (Lipinski definition) is 4. The molecule has 0 radical (unpaired) electrons. The minimum atomic E-state index is -0.566. The highest BCUT2D eigenvalue weighted by Gasteiger charge is 2.10. The van der Waals surface area contributed by atoms with Crippen molar-refractivity contribution in [3.05, 3.63) is 42.2 Å². The van der Waals surface area contributed by atoms with E-state index in [1.54, 1.807) is 24.8 Å². The van der Waals surface area contributed by atoms with Gasteiger partial charge in [-0.3, -0.25) is 14.6 Å². The maximum atomic E-state index is 9.88. The van der Waals surface area contributed by atoms with Crippen molar-refractivity contribution in [2.45, 2.75) is 18.9 Å². The standard InChI is InChI=1S/C11H14N4O/c1-15-9(4-5-14-15)2-3-11(16)10-8-12-6-7-13-10/h4-8,11,16H,2-3H2,1H3. The molecule has 0 aromatic carbocycles. The van der Waals surface area contributed by atoms with Gasteiger partial charge in [0.05, 0.1) is 18.0 Å². The molecule has 0 bridgehead atoms. The quantitative estimate of drug-likeness (QED) is 0.827. The molecule has 0 spiro atoms. The Labute approximate surface area is 93.8 Å². The van der Waals surface area contributed by atoms with Crippen molar-refractivity contribution in [3.63, 3.8) is 0 Å². The molecule has 0 aliphatic carbocycles. The van der Waals surface area contributed by atoms with E-state index in [0.717, 1.165) is 12.1 Å². The van der Waals surface area contributed by atoms with Crippen LogP contribution in [0.15, 0.2) is 30.9 Å². The van der Waals surface area contributed by atoms with E-state index >= 15 is 0 Å². The van der Waals surface area contributed by atoms with E-state index in [-0.39, 0.29) is 0 Å². The molecule has 0 fully saturated rings. The molecule has 2 aromatic rings. The summed E-state index contributed by atoms with van der Waals surface area (Å²) in [6.07, 6.45) is 7.35. The topological polar surface area (TPSA) is 63.8 Å². The van der Waals surface area contributed by atoms with Crippen LogP contribution in [0, 0.1) is 0 Å². The van der Waals surface area contributed by atoms with Crippen LogP contribution in [0.5, 0.6) is 0 Å². The zero-order valence-electron chi connectivity index (χ0n) is 9.11. The first-order chi connectivity index (χ1) is 7.77. The maximum absolute atomic E-state index is 9.88. The van der Waals surface area contributed by atoms with Gasteiger partial charge < -0.3 is 5.11 Å². The van der Waals surface area contributed by atoms with Gasteiger partial charge in [0.15, 0.2) is 0 Å². The molecular formula is C11H14N4O. The van der Waals surface area contributed by atoms with Crippen LogP contribution in [0.4, 0.5) is 0 Å². The molecule has 1 N–H and O–H groups in total. The third-order valence-corrected chi connectivity index (χ3v) is 2.52. The molecule has 5 nitrogen and oxygen atoms in total. The van der Waals surface area contributed by atoms with Gasteiger partial charge in [-0.25, -0.2) is 0 Å². The SMILES string of the molecule is Cn1nccc1CCC(O)c1cnccn1. The lowest BCUT2D eigenvalue weighted by molar-refractivity contribution is 0.162. The van der Waals surface area contributed by atoms with Gasteiger partial charge >= 0.3 is 0 Å². The zero-order chi connectivity index (χ0) is 11.4. The average Bonchev–Trinajstić information content (AvgIpc) is 2.73. The Morgan fingerprint density at radius 3 is 2.88 bits per heavy atom. The van der Waals surface area contributed by atoms with Gasteiger partial charge in [0, 0.05) is 31.3 Å². The number of aromatic nitrogens is 4. The monoisotopic (exact) mass is 218 g/mol. The van der Waals surface area contributed by atoms with Crippen molar-refractivity contribution >= 4 is 0 Å². The molecule has 2 heterocycles. The van der Waals surface area contributed by atoms with Crippen LogP contribution < -0.4 is 0 Å². The van der Waals surface area contributed by atoms with E-state index in [2.05, 4.69) is 15.1 Å². The first kappa shape index (κ1) is 10.8. The highest BCUT2D eigenvalue weighted by atomic mass is 16.3. The van der Waals surface area contributed by atoms with Gasteiger partial charge in [-0.1, -0.05) is 0 Å². The summed E-state index contributed by atoms with van der Waals surface area (Å²) in [5.41, 5.74) is 1.72. The van der Waals surface area contributed by atoms with Crippen LogP contribution in [0.3, 0.4) is 0 Å². The molecule has 1 unspecified atom stereocenters. The van der Waals surface area contributed by atoms with Crippen molar-refractivity contribution < 1.29 is 5.11 Å². The Hall–Kier alpha value is -1.75. The predicted molar refractivity (Wildman–Crippen MR) is 58.5 cm³/mol. The lowest BCUT2D eigenvalue weighted by Gasteiger charge is -2.09. The minimum absolute atomic E-state index is 0.566. The molecule has 0 saturated heterocycles. The second kappa shape index (κ2) is 4.85. The summed E-state index contributed by atoms with van der Waals surface area (Å²) in [7, 11) is 1.89. The second-order valence-electron chi connectivity index (χ2n) is 3.63. The van der Waals surface area contributed by atoms with E-state index in [1.165, 1.54) is 0 Å². The maximum Gasteiger partial charge on any atom is 0.0979 e. The van der Waals surface area contributed by atoms with Crippen LogP contribution >= 0.6 is 0 Å².